The third-order valence-corrected chi connectivity index (χ3v) is 1.99. The summed E-state index contributed by atoms with van der Waals surface area (Å²) >= 11 is 0. The Morgan fingerprint density at radius 2 is 2.31 bits per heavy atom. The molecule has 0 fully saturated rings. The van der Waals surface area contributed by atoms with Gasteiger partial charge in [-0.15, -0.1) is 5.10 Å². The lowest BCUT2D eigenvalue weighted by Crippen LogP contribution is -2.24. The first-order chi connectivity index (χ1) is 7.54. The summed E-state index contributed by atoms with van der Waals surface area (Å²) in [4.78, 5) is 11.6. The van der Waals surface area contributed by atoms with E-state index in [9.17, 15) is 4.79 Å². The topological polar surface area (TPSA) is 56.1 Å². The molecule has 0 radical (unpaired) electrons. The Morgan fingerprint density at radius 3 is 2.88 bits per heavy atom. The fourth-order valence-electron chi connectivity index (χ4n) is 1.23. The zero-order valence-corrected chi connectivity index (χ0v) is 10.3. The molecule has 5 nitrogen and oxygen atoms in total. The predicted molar refractivity (Wildman–Crippen MR) is 61.5 cm³/mol. The van der Waals surface area contributed by atoms with Crippen LogP contribution in [0, 0.1) is 5.92 Å². The first-order valence-electron chi connectivity index (χ1n) is 5.49. The lowest BCUT2D eigenvalue weighted by atomic mass is 10.2. The second kappa shape index (κ2) is 5.53. The third-order valence-electron chi connectivity index (χ3n) is 1.99. The van der Waals surface area contributed by atoms with Crippen molar-refractivity contribution < 1.29 is 9.53 Å². The van der Waals surface area contributed by atoms with Gasteiger partial charge >= 0.3 is 0 Å². The molecule has 0 aromatic carbocycles. The summed E-state index contributed by atoms with van der Waals surface area (Å²) in [5.41, 5.74) is 0.514. The van der Waals surface area contributed by atoms with Crippen molar-refractivity contribution in [2.45, 2.75) is 20.8 Å². The number of aryl methyl sites for hydroxylation is 1. The van der Waals surface area contributed by atoms with Crippen LogP contribution < -0.4 is 10.1 Å². The van der Waals surface area contributed by atoms with Crippen LogP contribution in [0.25, 0.3) is 0 Å². The Hall–Kier alpha value is -1.52. The van der Waals surface area contributed by atoms with Crippen molar-refractivity contribution in [1.29, 1.82) is 0 Å². The first kappa shape index (κ1) is 12.5. The van der Waals surface area contributed by atoms with E-state index in [1.54, 1.807) is 13.1 Å². The number of nitrogens with zero attached hydrogens (tertiary/aromatic N) is 2. The Labute approximate surface area is 95.8 Å². The minimum absolute atomic E-state index is 0.128. The van der Waals surface area contributed by atoms with Gasteiger partial charge in [-0.1, -0.05) is 13.8 Å². The molecule has 1 heterocycles. The Bertz CT molecular complexity index is 358. The molecule has 1 rings (SSSR count). The van der Waals surface area contributed by atoms with Gasteiger partial charge in [0.05, 0.1) is 6.61 Å². The maximum atomic E-state index is 11.6. The highest BCUT2D eigenvalue weighted by atomic mass is 16.5. The van der Waals surface area contributed by atoms with Crippen LogP contribution >= 0.6 is 0 Å². The summed E-state index contributed by atoms with van der Waals surface area (Å²) in [6.07, 6.45) is 0. The van der Waals surface area contributed by atoms with E-state index in [4.69, 9.17) is 4.74 Å². The highest BCUT2D eigenvalue weighted by Crippen LogP contribution is 2.11. The molecule has 0 aliphatic heterocycles. The first-order valence-corrected chi connectivity index (χ1v) is 5.49. The quantitative estimate of drug-likeness (QED) is 0.819. The Morgan fingerprint density at radius 1 is 1.62 bits per heavy atom. The molecule has 1 aromatic heterocycles. The van der Waals surface area contributed by atoms with Gasteiger partial charge in [-0.2, -0.15) is 0 Å². The van der Waals surface area contributed by atoms with Crippen molar-refractivity contribution >= 4 is 5.91 Å². The van der Waals surface area contributed by atoms with Gasteiger partial charge in [-0.05, 0) is 12.8 Å². The van der Waals surface area contributed by atoms with E-state index in [0.29, 0.717) is 30.6 Å². The van der Waals surface area contributed by atoms with Gasteiger partial charge in [0.15, 0.2) is 0 Å². The fourth-order valence-corrected chi connectivity index (χ4v) is 1.23. The van der Waals surface area contributed by atoms with E-state index < -0.39 is 0 Å². The van der Waals surface area contributed by atoms with Crippen molar-refractivity contribution in [1.82, 2.24) is 15.1 Å². The second-order valence-corrected chi connectivity index (χ2v) is 4.06. The van der Waals surface area contributed by atoms with Crippen LogP contribution in [0.2, 0.25) is 0 Å². The summed E-state index contributed by atoms with van der Waals surface area (Å²) < 4.78 is 6.97. The summed E-state index contributed by atoms with van der Waals surface area (Å²) in [5, 5.41) is 6.85. The van der Waals surface area contributed by atoms with E-state index in [1.165, 1.54) is 4.68 Å². The molecule has 0 spiro atoms. The van der Waals surface area contributed by atoms with Crippen molar-refractivity contribution in [3.8, 4) is 5.88 Å². The minimum atomic E-state index is -0.128. The van der Waals surface area contributed by atoms with Crippen molar-refractivity contribution in [2.75, 3.05) is 13.2 Å². The normalized spacial score (nSPS) is 10.6. The summed E-state index contributed by atoms with van der Waals surface area (Å²) in [6, 6.07) is 1.66. The van der Waals surface area contributed by atoms with Crippen LogP contribution in [0.1, 0.15) is 31.3 Å². The lowest BCUT2D eigenvalue weighted by Gasteiger charge is -2.04. The monoisotopic (exact) mass is 225 g/mol. The van der Waals surface area contributed by atoms with Crippen LogP contribution in [0.3, 0.4) is 0 Å². The average molecular weight is 225 g/mol. The Balaban J connectivity index is 2.69. The molecule has 0 atom stereocenters. The number of rotatable bonds is 5. The molecule has 5 heteroatoms. The maximum Gasteiger partial charge on any atom is 0.269 e. The van der Waals surface area contributed by atoms with Gasteiger partial charge in [-0.3, -0.25) is 9.48 Å². The highest BCUT2D eigenvalue weighted by Gasteiger charge is 2.13. The molecule has 0 aliphatic carbocycles. The molecule has 0 bridgehead atoms. The molecule has 1 N–H and O–H groups in total. The average Bonchev–Trinajstić information content (AvgIpc) is 2.57. The molecular weight excluding hydrogens is 206 g/mol. The molecule has 1 aromatic rings. The van der Waals surface area contributed by atoms with Gasteiger partial charge in [-0.25, -0.2) is 0 Å². The number of hydrogen-bond donors (Lipinski definition) is 1. The zero-order valence-electron chi connectivity index (χ0n) is 10.3. The number of aromatic nitrogens is 2. The van der Waals surface area contributed by atoms with Crippen LogP contribution in [-0.2, 0) is 7.05 Å². The number of carbonyl (C=O) groups is 1. The third kappa shape index (κ3) is 3.25. The van der Waals surface area contributed by atoms with Crippen molar-refractivity contribution in [2.24, 2.45) is 13.0 Å². The van der Waals surface area contributed by atoms with Gasteiger partial charge in [0.25, 0.3) is 5.91 Å². The predicted octanol–water partition coefficient (Wildman–Crippen LogP) is 1.20. The molecule has 0 saturated carbocycles. The van der Waals surface area contributed by atoms with E-state index in [-0.39, 0.29) is 5.91 Å². The number of carbonyl (C=O) groups excluding carboxylic acids is 1. The van der Waals surface area contributed by atoms with Gasteiger partial charge in [0.2, 0.25) is 5.88 Å². The van der Waals surface area contributed by atoms with E-state index in [2.05, 4.69) is 24.3 Å². The SMILES string of the molecule is CCNC(=O)c1cc(OCC(C)C)nn1C. The molecule has 0 aliphatic rings. The second-order valence-electron chi connectivity index (χ2n) is 4.06. The smallest absolute Gasteiger partial charge is 0.269 e. The molecular formula is C11H19N3O2. The number of nitrogens with one attached hydrogen (secondary N) is 1. The highest BCUT2D eigenvalue weighted by molar-refractivity contribution is 5.92. The van der Waals surface area contributed by atoms with Gasteiger partial charge in [0.1, 0.15) is 5.69 Å². The fraction of sp³-hybridized carbons (Fsp3) is 0.636. The largest absolute Gasteiger partial charge is 0.476 e. The summed E-state index contributed by atoms with van der Waals surface area (Å²) in [7, 11) is 1.73. The molecule has 90 valence electrons. The number of amides is 1. The van der Waals surface area contributed by atoms with E-state index >= 15 is 0 Å². The van der Waals surface area contributed by atoms with Crippen LogP contribution in [0.5, 0.6) is 5.88 Å². The van der Waals surface area contributed by atoms with Crippen LogP contribution in [0.4, 0.5) is 0 Å². The number of hydrogen-bond acceptors (Lipinski definition) is 3. The Kier molecular flexibility index (Phi) is 4.34. The van der Waals surface area contributed by atoms with Gasteiger partial charge in [0, 0.05) is 19.7 Å². The summed E-state index contributed by atoms with van der Waals surface area (Å²) in [6.45, 7) is 7.21. The van der Waals surface area contributed by atoms with Crippen molar-refractivity contribution in [3.05, 3.63) is 11.8 Å². The zero-order chi connectivity index (χ0) is 12.1. The maximum absolute atomic E-state index is 11.6. The molecule has 0 saturated heterocycles. The van der Waals surface area contributed by atoms with E-state index in [0.717, 1.165) is 0 Å². The standard InChI is InChI=1S/C11H19N3O2/c1-5-12-11(15)9-6-10(13-14(9)4)16-7-8(2)3/h6,8H,5,7H2,1-4H3,(H,12,15). The van der Waals surface area contributed by atoms with Crippen LogP contribution in [-0.4, -0.2) is 28.8 Å². The van der Waals surface area contributed by atoms with Crippen molar-refractivity contribution in [3.63, 3.8) is 0 Å². The minimum Gasteiger partial charge on any atom is -0.476 e. The molecule has 0 unspecified atom stereocenters. The van der Waals surface area contributed by atoms with E-state index in [1.807, 2.05) is 6.92 Å². The number of ether oxygens (including phenoxy) is 1. The molecule has 1 amide bonds. The lowest BCUT2D eigenvalue weighted by molar-refractivity contribution is 0.0946. The molecule has 16 heavy (non-hydrogen) atoms. The van der Waals surface area contributed by atoms with Gasteiger partial charge < -0.3 is 10.1 Å². The summed E-state index contributed by atoms with van der Waals surface area (Å²) in [5.74, 6) is 0.810. The van der Waals surface area contributed by atoms with Crippen LogP contribution in [0.15, 0.2) is 6.07 Å².